The zero-order valence-electron chi connectivity index (χ0n) is 12.1. The average Bonchev–Trinajstić information content (AvgIpc) is 2.22. The highest BCUT2D eigenvalue weighted by atomic mass is 35.5. The molecule has 1 aromatic carbocycles. The number of benzene rings is 1. The van der Waals surface area contributed by atoms with Gasteiger partial charge in [0.05, 0.1) is 10.6 Å². The van der Waals surface area contributed by atoms with Crippen molar-refractivity contribution in [2.24, 2.45) is 0 Å². The molecule has 0 heterocycles. The Morgan fingerprint density at radius 1 is 1.26 bits per heavy atom. The molecule has 0 radical (unpaired) electrons. The van der Waals surface area contributed by atoms with Crippen molar-refractivity contribution in [2.45, 2.75) is 51.7 Å². The van der Waals surface area contributed by atoms with E-state index in [1.807, 2.05) is 0 Å². The fourth-order valence-corrected chi connectivity index (χ4v) is 2.08. The monoisotopic (exact) mass is 287 g/mol. The maximum Gasteiger partial charge on any atom is 0.142 e. The smallest absolute Gasteiger partial charge is 0.142 e. The van der Waals surface area contributed by atoms with Crippen LogP contribution in [0.2, 0.25) is 5.02 Å². The molecule has 0 bridgehead atoms. The van der Waals surface area contributed by atoms with Crippen LogP contribution in [0.15, 0.2) is 18.2 Å². The summed E-state index contributed by atoms with van der Waals surface area (Å²) in [7, 11) is 0. The lowest BCUT2D eigenvalue weighted by molar-refractivity contribution is 0.0499. The Kier molecular flexibility index (Phi) is 5.36. The summed E-state index contributed by atoms with van der Waals surface area (Å²) in [6.07, 6.45) is 0.923. The van der Waals surface area contributed by atoms with Crippen molar-refractivity contribution in [3.8, 4) is 0 Å². The molecule has 0 aliphatic rings. The fourth-order valence-electron chi connectivity index (χ4n) is 1.89. The third-order valence-corrected chi connectivity index (χ3v) is 3.35. The summed E-state index contributed by atoms with van der Waals surface area (Å²) < 4.78 is 13.3. The number of aliphatic hydroxyl groups is 1. The van der Waals surface area contributed by atoms with Gasteiger partial charge in [0.1, 0.15) is 5.82 Å². The van der Waals surface area contributed by atoms with Crippen molar-refractivity contribution < 1.29 is 9.50 Å². The van der Waals surface area contributed by atoms with E-state index in [-0.39, 0.29) is 10.6 Å². The highest BCUT2D eigenvalue weighted by molar-refractivity contribution is 6.31. The van der Waals surface area contributed by atoms with Crippen molar-refractivity contribution in [3.05, 3.63) is 34.6 Å². The maximum atomic E-state index is 13.3. The Balaban J connectivity index is 2.61. The summed E-state index contributed by atoms with van der Waals surface area (Å²) in [6.45, 7) is 8.67. The van der Waals surface area contributed by atoms with Gasteiger partial charge in [-0.3, -0.25) is 0 Å². The van der Waals surface area contributed by atoms with Crippen LogP contribution in [0, 0.1) is 5.82 Å². The van der Waals surface area contributed by atoms with Crippen LogP contribution in [0.5, 0.6) is 0 Å². The van der Waals surface area contributed by atoms with Crippen LogP contribution >= 0.6 is 11.6 Å². The van der Waals surface area contributed by atoms with E-state index in [9.17, 15) is 9.50 Å². The molecule has 19 heavy (non-hydrogen) atoms. The Morgan fingerprint density at radius 2 is 1.89 bits per heavy atom. The van der Waals surface area contributed by atoms with Crippen LogP contribution in [0.25, 0.3) is 0 Å². The summed E-state index contributed by atoms with van der Waals surface area (Å²) in [4.78, 5) is 0. The Labute approximate surface area is 120 Å². The van der Waals surface area contributed by atoms with Gasteiger partial charge in [-0.1, -0.05) is 23.7 Å². The highest BCUT2D eigenvalue weighted by Gasteiger charge is 2.23. The third-order valence-electron chi connectivity index (χ3n) is 2.92. The number of hydrogen-bond acceptors (Lipinski definition) is 2. The van der Waals surface area contributed by atoms with E-state index in [4.69, 9.17) is 11.6 Å². The lowest BCUT2D eigenvalue weighted by Crippen LogP contribution is -2.40. The molecule has 0 aliphatic carbocycles. The zero-order chi connectivity index (χ0) is 14.7. The molecule has 0 aliphatic heterocycles. The first kappa shape index (κ1) is 16.4. The Bertz CT molecular complexity index is 427. The van der Waals surface area contributed by atoms with Crippen LogP contribution in [-0.4, -0.2) is 22.8 Å². The molecule has 2 N–H and O–H groups in total. The molecule has 1 aromatic rings. The molecule has 0 spiro atoms. The molecule has 0 fully saturated rings. The van der Waals surface area contributed by atoms with Crippen LogP contribution in [0.4, 0.5) is 4.39 Å². The fraction of sp³-hybridized carbons (Fsp3) is 0.600. The maximum absolute atomic E-state index is 13.3. The summed E-state index contributed by atoms with van der Waals surface area (Å²) >= 11 is 5.90. The van der Waals surface area contributed by atoms with E-state index in [1.165, 1.54) is 6.07 Å². The minimum Gasteiger partial charge on any atom is -0.390 e. The van der Waals surface area contributed by atoms with Gasteiger partial charge in [0, 0.05) is 12.0 Å². The van der Waals surface area contributed by atoms with Crippen LogP contribution < -0.4 is 5.32 Å². The molecular weight excluding hydrogens is 265 g/mol. The SMILES string of the molecule is CC(O)(CCNC(C)(C)C)Cc1cccc(F)c1Cl. The molecule has 1 atom stereocenters. The van der Waals surface area contributed by atoms with Crippen molar-refractivity contribution in [1.29, 1.82) is 0 Å². The number of halogens is 2. The van der Waals surface area contributed by atoms with Gasteiger partial charge in [-0.25, -0.2) is 4.39 Å². The van der Waals surface area contributed by atoms with E-state index in [2.05, 4.69) is 26.1 Å². The summed E-state index contributed by atoms with van der Waals surface area (Å²) in [5.74, 6) is -0.442. The topological polar surface area (TPSA) is 32.3 Å². The third kappa shape index (κ3) is 5.89. The number of hydrogen-bond donors (Lipinski definition) is 2. The van der Waals surface area contributed by atoms with Crippen molar-refractivity contribution in [1.82, 2.24) is 5.32 Å². The van der Waals surface area contributed by atoms with Gasteiger partial charge >= 0.3 is 0 Å². The summed E-state index contributed by atoms with van der Waals surface area (Å²) in [5.41, 5.74) is -0.246. The van der Waals surface area contributed by atoms with E-state index in [1.54, 1.807) is 19.1 Å². The lowest BCUT2D eigenvalue weighted by Gasteiger charge is -2.27. The lowest BCUT2D eigenvalue weighted by atomic mass is 9.92. The van der Waals surface area contributed by atoms with E-state index in [0.29, 0.717) is 24.9 Å². The molecule has 0 saturated carbocycles. The normalized spacial score (nSPS) is 15.3. The van der Waals surface area contributed by atoms with Gasteiger partial charge in [0.2, 0.25) is 0 Å². The van der Waals surface area contributed by atoms with Gasteiger partial charge in [0.15, 0.2) is 0 Å². The minimum absolute atomic E-state index is 0.0204. The van der Waals surface area contributed by atoms with Gasteiger partial charge in [-0.2, -0.15) is 0 Å². The largest absolute Gasteiger partial charge is 0.390 e. The first-order valence-electron chi connectivity index (χ1n) is 6.51. The first-order chi connectivity index (χ1) is 8.61. The molecule has 1 rings (SSSR count). The zero-order valence-corrected chi connectivity index (χ0v) is 12.8. The van der Waals surface area contributed by atoms with Crippen molar-refractivity contribution >= 4 is 11.6 Å². The molecule has 108 valence electrons. The van der Waals surface area contributed by atoms with Crippen LogP contribution in [0.3, 0.4) is 0 Å². The quantitative estimate of drug-likeness (QED) is 0.868. The Morgan fingerprint density at radius 3 is 2.47 bits per heavy atom. The number of rotatable bonds is 5. The molecular formula is C15H23ClFNO. The van der Waals surface area contributed by atoms with Crippen LogP contribution in [0.1, 0.15) is 39.7 Å². The van der Waals surface area contributed by atoms with Gasteiger partial charge in [0.25, 0.3) is 0 Å². The molecule has 1 unspecified atom stereocenters. The molecule has 4 heteroatoms. The van der Waals surface area contributed by atoms with Crippen molar-refractivity contribution in [2.75, 3.05) is 6.54 Å². The van der Waals surface area contributed by atoms with Gasteiger partial charge in [-0.05, 0) is 52.3 Å². The molecule has 0 aromatic heterocycles. The second kappa shape index (κ2) is 6.21. The predicted molar refractivity (Wildman–Crippen MR) is 78.1 cm³/mol. The summed E-state index contributed by atoms with van der Waals surface area (Å²) in [6, 6.07) is 4.68. The van der Waals surface area contributed by atoms with Crippen molar-refractivity contribution in [3.63, 3.8) is 0 Å². The van der Waals surface area contributed by atoms with E-state index >= 15 is 0 Å². The second-order valence-corrected chi connectivity index (χ2v) is 6.69. The standard InChI is InChI=1S/C15H23ClFNO/c1-14(2,3)18-9-8-15(4,19)10-11-6-5-7-12(17)13(11)16/h5-7,18-19H,8-10H2,1-4H3. The second-order valence-electron chi connectivity index (χ2n) is 6.31. The van der Waals surface area contributed by atoms with Gasteiger partial charge < -0.3 is 10.4 Å². The molecule has 0 amide bonds. The number of nitrogens with one attached hydrogen (secondary N) is 1. The first-order valence-corrected chi connectivity index (χ1v) is 6.89. The Hall–Kier alpha value is -0.640. The highest BCUT2D eigenvalue weighted by Crippen LogP contribution is 2.25. The van der Waals surface area contributed by atoms with Crippen LogP contribution in [-0.2, 0) is 6.42 Å². The minimum atomic E-state index is -0.907. The average molecular weight is 288 g/mol. The van der Waals surface area contributed by atoms with Gasteiger partial charge in [-0.15, -0.1) is 0 Å². The van der Waals surface area contributed by atoms with E-state index in [0.717, 1.165) is 0 Å². The van der Waals surface area contributed by atoms with E-state index < -0.39 is 11.4 Å². The summed E-state index contributed by atoms with van der Waals surface area (Å²) in [5, 5.41) is 13.8. The molecule has 2 nitrogen and oxygen atoms in total. The predicted octanol–water partition coefficient (Wildman–Crippen LogP) is 3.55. The molecule has 0 saturated heterocycles.